The molecule has 2 fully saturated rings. The van der Waals surface area contributed by atoms with Crippen LogP contribution in [0.15, 0.2) is 0 Å². The molecule has 0 aromatic rings. The second-order valence-corrected chi connectivity index (χ2v) is 5.48. The number of likely N-dealkylation sites (N-methyl/N-ethyl adjacent to an activating group) is 1. The quantitative estimate of drug-likeness (QED) is 0.703. The van der Waals surface area contributed by atoms with Crippen molar-refractivity contribution in [2.45, 2.75) is 51.6 Å². The van der Waals surface area contributed by atoms with Gasteiger partial charge in [0.05, 0.1) is 6.04 Å². The van der Waals surface area contributed by atoms with Gasteiger partial charge < -0.3 is 10.2 Å². The first-order chi connectivity index (χ1) is 8.76. The molecule has 1 N–H and O–H groups in total. The number of nitrogens with zero attached hydrogens (tertiary/aromatic N) is 2. The summed E-state index contributed by atoms with van der Waals surface area (Å²) < 4.78 is 0. The summed E-state index contributed by atoms with van der Waals surface area (Å²) in [6.45, 7) is 9.32. The molecule has 1 saturated heterocycles. The molecule has 0 aromatic heterocycles. The third-order valence-corrected chi connectivity index (χ3v) is 4.06. The summed E-state index contributed by atoms with van der Waals surface area (Å²) in [6.07, 6.45) is 4.77. The van der Waals surface area contributed by atoms with Crippen molar-refractivity contribution in [2.75, 3.05) is 32.7 Å². The number of carbonyl (C=O) groups is 1. The highest BCUT2D eigenvalue weighted by atomic mass is 16.2. The fourth-order valence-electron chi connectivity index (χ4n) is 2.76. The Morgan fingerprint density at radius 3 is 2.72 bits per heavy atom. The van der Waals surface area contributed by atoms with Gasteiger partial charge in [0.2, 0.25) is 5.91 Å². The SMILES string of the molecule is CCCNC1CCN(CCN(CC)C2CC2)C1=O. The van der Waals surface area contributed by atoms with E-state index in [9.17, 15) is 4.79 Å². The molecular weight excluding hydrogens is 226 g/mol. The summed E-state index contributed by atoms with van der Waals surface area (Å²) in [5.41, 5.74) is 0. The average molecular weight is 253 g/mol. The van der Waals surface area contributed by atoms with E-state index >= 15 is 0 Å². The van der Waals surface area contributed by atoms with E-state index in [-0.39, 0.29) is 6.04 Å². The molecular formula is C14H27N3O. The predicted octanol–water partition coefficient (Wildman–Crippen LogP) is 1.07. The average Bonchev–Trinajstić information content (AvgIpc) is 3.15. The fourth-order valence-corrected chi connectivity index (χ4v) is 2.76. The van der Waals surface area contributed by atoms with Gasteiger partial charge in [-0.2, -0.15) is 0 Å². The van der Waals surface area contributed by atoms with Gasteiger partial charge in [-0.3, -0.25) is 9.69 Å². The molecule has 1 saturated carbocycles. The van der Waals surface area contributed by atoms with Crippen LogP contribution in [0.5, 0.6) is 0 Å². The molecule has 0 spiro atoms. The first-order valence-corrected chi connectivity index (χ1v) is 7.52. The summed E-state index contributed by atoms with van der Waals surface area (Å²) >= 11 is 0. The Bertz CT molecular complexity index is 278. The van der Waals surface area contributed by atoms with Crippen molar-refractivity contribution in [3.63, 3.8) is 0 Å². The minimum Gasteiger partial charge on any atom is -0.340 e. The summed E-state index contributed by atoms with van der Waals surface area (Å²) in [6, 6.07) is 0.891. The van der Waals surface area contributed by atoms with Crippen LogP contribution in [0.25, 0.3) is 0 Å². The molecule has 4 heteroatoms. The highest BCUT2D eigenvalue weighted by Crippen LogP contribution is 2.26. The van der Waals surface area contributed by atoms with Gasteiger partial charge in [0.1, 0.15) is 0 Å². The second kappa shape index (κ2) is 6.53. The zero-order chi connectivity index (χ0) is 13.0. The van der Waals surface area contributed by atoms with Crippen molar-refractivity contribution >= 4 is 5.91 Å². The fraction of sp³-hybridized carbons (Fsp3) is 0.929. The number of amides is 1. The van der Waals surface area contributed by atoms with E-state index in [2.05, 4.69) is 24.1 Å². The zero-order valence-corrected chi connectivity index (χ0v) is 11.8. The van der Waals surface area contributed by atoms with Crippen molar-refractivity contribution in [3.05, 3.63) is 0 Å². The number of hydrogen-bond donors (Lipinski definition) is 1. The molecule has 1 aliphatic carbocycles. The van der Waals surface area contributed by atoms with E-state index in [4.69, 9.17) is 0 Å². The van der Waals surface area contributed by atoms with E-state index in [1.54, 1.807) is 0 Å². The summed E-state index contributed by atoms with van der Waals surface area (Å²) in [5.74, 6) is 0.315. The van der Waals surface area contributed by atoms with Crippen LogP contribution in [-0.2, 0) is 4.79 Å². The Hall–Kier alpha value is -0.610. The van der Waals surface area contributed by atoms with Crippen molar-refractivity contribution in [1.29, 1.82) is 0 Å². The maximum Gasteiger partial charge on any atom is 0.239 e. The van der Waals surface area contributed by atoms with Gasteiger partial charge in [0.15, 0.2) is 0 Å². The highest BCUT2D eigenvalue weighted by Gasteiger charge is 2.32. The van der Waals surface area contributed by atoms with Crippen LogP contribution in [0.1, 0.15) is 39.5 Å². The van der Waals surface area contributed by atoms with Gasteiger partial charge in [0.25, 0.3) is 0 Å². The first-order valence-electron chi connectivity index (χ1n) is 7.52. The Morgan fingerprint density at radius 2 is 2.11 bits per heavy atom. The normalized spacial score (nSPS) is 24.3. The molecule has 0 radical (unpaired) electrons. The van der Waals surface area contributed by atoms with Gasteiger partial charge in [-0.1, -0.05) is 13.8 Å². The van der Waals surface area contributed by atoms with Gasteiger partial charge in [-0.25, -0.2) is 0 Å². The second-order valence-electron chi connectivity index (χ2n) is 5.48. The Morgan fingerprint density at radius 1 is 1.33 bits per heavy atom. The van der Waals surface area contributed by atoms with Crippen LogP contribution >= 0.6 is 0 Å². The van der Waals surface area contributed by atoms with Gasteiger partial charge in [-0.15, -0.1) is 0 Å². The van der Waals surface area contributed by atoms with E-state index in [0.717, 1.165) is 51.6 Å². The van der Waals surface area contributed by atoms with Crippen LogP contribution in [-0.4, -0.2) is 60.5 Å². The number of carbonyl (C=O) groups excluding carboxylic acids is 1. The van der Waals surface area contributed by atoms with Crippen LogP contribution in [0, 0.1) is 0 Å². The Labute approximate surface area is 111 Å². The molecule has 1 atom stereocenters. The van der Waals surface area contributed by atoms with Gasteiger partial charge in [0, 0.05) is 25.7 Å². The molecule has 4 nitrogen and oxygen atoms in total. The van der Waals surface area contributed by atoms with Gasteiger partial charge >= 0.3 is 0 Å². The number of hydrogen-bond acceptors (Lipinski definition) is 3. The molecule has 104 valence electrons. The monoisotopic (exact) mass is 253 g/mol. The lowest BCUT2D eigenvalue weighted by Crippen LogP contribution is -2.41. The lowest BCUT2D eigenvalue weighted by Gasteiger charge is -2.24. The third-order valence-electron chi connectivity index (χ3n) is 4.06. The maximum atomic E-state index is 12.1. The summed E-state index contributed by atoms with van der Waals surface area (Å²) in [5, 5.41) is 3.34. The molecule has 1 aliphatic heterocycles. The van der Waals surface area contributed by atoms with Crippen LogP contribution in [0.2, 0.25) is 0 Å². The summed E-state index contributed by atoms with van der Waals surface area (Å²) in [7, 11) is 0. The standard InChI is InChI=1S/C14H27N3O/c1-3-8-15-13-7-9-17(14(13)18)11-10-16(4-2)12-5-6-12/h12-13,15H,3-11H2,1-2H3. The van der Waals surface area contributed by atoms with Crippen molar-refractivity contribution in [3.8, 4) is 0 Å². The smallest absolute Gasteiger partial charge is 0.239 e. The van der Waals surface area contributed by atoms with Crippen molar-refractivity contribution in [1.82, 2.24) is 15.1 Å². The van der Waals surface area contributed by atoms with E-state index < -0.39 is 0 Å². The zero-order valence-electron chi connectivity index (χ0n) is 11.8. The Kier molecular flexibility index (Phi) is 5.01. The first kappa shape index (κ1) is 13.8. The van der Waals surface area contributed by atoms with Crippen LogP contribution in [0.3, 0.4) is 0 Å². The van der Waals surface area contributed by atoms with Crippen LogP contribution < -0.4 is 5.32 Å². The number of likely N-dealkylation sites (tertiary alicyclic amines) is 1. The molecule has 2 aliphatic rings. The van der Waals surface area contributed by atoms with Crippen molar-refractivity contribution in [2.24, 2.45) is 0 Å². The van der Waals surface area contributed by atoms with E-state index in [0.29, 0.717) is 5.91 Å². The number of nitrogens with one attached hydrogen (secondary N) is 1. The van der Waals surface area contributed by atoms with Gasteiger partial charge in [-0.05, 0) is 38.8 Å². The molecule has 1 unspecified atom stereocenters. The molecule has 0 bridgehead atoms. The van der Waals surface area contributed by atoms with Crippen molar-refractivity contribution < 1.29 is 4.79 Å². The minimum atomic E-state index is 0.0842. The molecule has 0 aromatic carbocycles. The molecule has 18 heavy (non-hydrogen) atoms. The minimum absolute atomic E-state index is 0.0842. The maximum absolute atomic E-state index is 12.1. The highest BCUT2D eigenvalue weighted by molar-refractivity contribution is 5.83. The predicted molar refractivity (Wildman–Crippen MR) is 73.5 cm³/mol. The largest absolute Gasteiger partial charge is 0.340 e. The topological polar surface area (TPSA) is 35.6 Å². The Balaban J connectivity index is 1.71. The lowest BCUT2D eigenvalue weighted by molar-refractivity contribution is -0.129. The van der Waals surface area contributed by atoms with E-state index in [1.165, 1.54) is 12.8 Å². The number of rotatable bonds is 8. The molecule has 1 heterocycles. The molecule has 2 rings (SSSR count). The van der Waals surface area contributed by atoms with Crippen LogP contribution in [0.4, 0.5) is 0 Å². The molecule has 1 amide bonds. The lowest BCUT2D eigenvalue weighted by atomic mass is 10.2. The summed E-state index contributed by atoms with van der Waals surface area (Å²) in [4.78, 5) is 16.7. The third kappa shape index (κ3) is 3.45. The van der Waals surface area contributed by atoms with E-state index in [1.807, 2.05) is 4.90 Å².